The van der Waals surface area contributed by atoms with Crippen molar-refractivity contribution in [1.82, 2.24) is 4.42 Å². The Balaban J connectivity index is 3.46. The third kappa shape index (κ3) is 6.10. The maximum Gasteiger partial charge on any atom is 0.0714 e. The van der Waals surface area contributed by atoms with E-state index in [9.17, 15) is 5.11 Å². The Hall–Kier alpha value is -0.310. The molecule has 0 spiro atoms. The summed E-state index contributed by atoms with van der Waals surface area (Å²) in [5.74, 6) is 0. The molecular formula is C8H14ClNO. The fraction of sp³-hybridized carbons (Fsp3) is 0.500. The molecule has 0 aliphatic carbocycles. The summed E-state index contributed by atoms with van der Waals surface area (Å²) in [7, 11) is 0. The van der Waals surface area contributed by atoms with Gasteiger partial charge in [-0.2, -0.15) is 0 Å². The highest BCUT2D eigenvalue weighted by Crippen LogP contribution is 2.00. The fourth-order valence-corrected chi connectivity index (χ4v) is 0.967. The van der Waals surface area contributed by atoms with E-state index in [0.717, 1.165) is 0 Å². The maximum atomic E-state index is 9.21. The molecule has 0 fully saturated rings. The van der Waals surface area contributed by atoms with Crippen LogP contribution in [0.4, 0.5) is 0 Å². The topological polar surface area (TPSA) is 23.5 Å². The van der Waals surface area contributed by atoms with Gasteiger partial charge in [0.15, 0.2) is 0 Å². The van der Waals surface area contributed by atoms with Crippen LogP contribution >= 0.6 is 11.8 Å². The van der Waals surface area contributed by atoms with E-state index in [2.05, 4.69) is 13.2 Å². The zero-order valence-corrected chi connectivity index (χ0v) is 7.30. The maximum absolute atomic E-state index is 9.21. The summed E-state index contributed by atoms with van der Waals surface area (Å²) < 4.78 is 1.49. The van der Waals surface area contributed by atoms with Gasteiger partial charge in [0.2, 0.25) is 0 Å². The Labute approximate surface area is 72.9 Å². The minimum Gasteiger partial charge on any atom is -0.391 e. The Morgan fingerprint density at radius 1 is 1.45 bits per heavy atom. The molecule has 0 radical (unpaired) electrons. The number of aliphatic hydroxyl groups excluding tert-OH is 1. The molecule has 0 rings (SSSR count). The van der Waals surface area contributed by atoms with E-state index in [1.807, 2.05) is 0 Å². The summed E-state index contributed by atoms with van der Waals surface area (Å²) in [4.78, 5) is 0. The molecule has 1 atom stereocenters. The van der Waals surface area contributed by atoms with Gasteiger partial charge in [0.05, 0.1) is 6.10 Å². The van der Waals surface area contributed by atoms with Crippen molar-refractivity contribution < 1.29 is 5.11 Å². The third-order valence-corrected chi connectivity index (χ3v) is 1.45. The molecule has 0 aromatic rings. The molecule has 1 N–H and O–H groups in total. The Morgan fingerprint density at radius 2 is 2.09 bits per heavy atom. The first-order valence-corrected chi connectivity index (χ1v) is 3.85. The molecule has 2 nitrogen and oxygen atoms in total. The van der Waals surface area contributed by atoms with Crippen molar-refractivity contribution in [3.63, 3.8) is 0 Å². The predicted molar refractivity (Wildman–Crippen MR) is 48.4 cm³/mol. The highest BCUT2D eigenvalue weighted by Gasteiger charge is 2.05. The summed E-state index contributed by atoms with van der Waals surface area (Å²) in [6.45, 7) is 8.06. The average Bonchev–Trinajstić information content (AvgIpc) is 1.87. The van der Waals surface area contributed by atoms with Crippen molar-refractivity contribution in [2.24, 2.45) is 0 Å². The van der Waals surface area contributed by atoms with Crippen LogP contribution in [0.5, 0.6) is 0 Å². The lowest BCUT2D eigenvalue weighted by Crippen LogP contribution is -2.24. The summed E-state index contributed by atoms with van der Waals surface area (Å²) in [5.41, 5.74) is 0. The van der Waals surface area contributed by atoms with Crippen molar-refractivity contribution >= 4 is 11.8 Å². The van der Waals surface area contributed by atoms with Gasteiger partial charge >= 0.3 is 0 Å². The predicted octanol–water partition coefficient (Wildman–Crippen LogP) is 1.57. The Morgan fingerprint density at radius 3 is 2.55 bits per heavy atom. The second-order valence-electron chi connectivity index (χ2n) is 2.29. The first-order valence-electron chi connectivity index (χ1n) is 3.51. The van der Waals surface area contributed by atoms with Crippen molar-refractivity contribution in [1.29, 1.82) is 0 Å². The van der Waals surface area contributed by atoms with Gasteiger partial charge in [-0.1, -0.05) is 12.2 Å². The van der Waals surface area contributed by atoms with Crippen molar-refractivity contribution in [3.8, 4) is 0 Å². The molecule has 3 heteroatoms. The van der Waals surface area contributed by atoms with Gasteiger partial charge in [-0.15, -0.1) is 13.2 Å². The molecule has 0 saturated heterocycles. The van der Waals surface area contributed by atoms with Crippen molar-refractivity contribution in [2.45, 2.75) is 12.5 Å². The third-order valence-electron chi connectivity index (χ3n) is 1.17. The van der Waals surface area contributed by atoms with Crippen LogP contribution < -0.4 is 0 Å². The van der Waals surface area contributed by atoms with E-state index in [1.54, 1.807) is 12.2 Å². The SMILES string of the molecule is C=CCC(O)CN(Cl)CC=C. The Bertz CT molecular complexity index is 113. The van der Waals surface area contributed by atoms with E-state index in [-0.39, 0.29) is 0 Å². The normalized spacial score (nSPS) is 13.0. The first-order chi connectivity index (χ1) is 5.20. The number of rotatable bonds is 6. The van der Waals surface area contributed by atoms with Crippen LogP contribution in [0.1, 0.15) is 6.42 Å². The lowest BCUT2D eigenvalue weighted by atomic mass is 10.2. The number of nitrogens with zero attached hydrogens (tertiary/aromatic N) is 1. The van der Waals surface area contributed by atoms with E-state index >= 15 is 0 Å². The second-order valence-corrected chi connectivity index (χ2v) is 2.77. The number of hydrogen-bond acceptors (Lipinski definition) is 2. The van der Waals surface area contributed by atoms with Gasteiger partial charge in [-0.25, -0.2) is 4.42 Å². The second kappa shape index (κ2) is 6.40. The molecule has 0 aromatic heterocycles. The monoisotopic (exact) mass is 175 g/mol. The van der Waals surface area contributed by atoms with Gasteiger partial charge in [-0.3, -0.25) is 0 Å². The van der Waals surface area contributed by atoms with Crippen molar-refractivity contribution in [2.75, 3.05) is 13.1 Å². The molecule has 0 aliphatic heterocycles. The highest BCUT2D eigenvalue weighted by atomic mass is 35.5. The van der Waals surface area contributed by atoms with Gasteiger partial charge < -0.3 is 5.11 Å². The van der Waals surface area contributed by atoms with E-state index in [0.29, 0.717) is 19.5 Å². The van der Waals surface area contributed by atoms with Crippen LogP contribution in [0.25, 0.3) is 0 Å². The number of halogens is 1. The van der Waals surface area contributed by atoms with Gasteiger partial charge in [0.1, 0.15) is 0 Å². The Kier molecular flexibility index (Phi) is 6.22. The lowest BCUT2D eigenvalue weighted by Gasteiger charge is -2.14. The zero-order valence-electron chi connectivity index (χ0n) is 6.54. The van der Waals surface area contributed by atoms with Crippen LogP contribution in [0.2, 0.25) is 0 Å². The standard InChI is InChI=1S/C8H14ClNO/c1-3-5-8(11)7-10(9)6-4-2/h3-4,8,11H,1-2,5-7H2. The molecule has 0 aliphatic rings. The summed E-state index contributed by atoms with van der Waals surface area (Å²) >= 11 is 5.68. The lowest BCUT2D eigenvalue weighted by molar-refractivity contribution is 0.153. The van der Waals surface area contributed by atoms with Crippen LogP contribution in [-0.2, 0) is 0 Å². The van der Waals surface area contributed by atoms with Crippen LogP contribution in [-0.4, -0.2) is 28.7 Å². The fourth-order valence-electron chi connectivity index (χ4n) is 0.710. The summed E-state index contributed by atoms with van der Waals surface area (Å²) in [5, 5.41) is 9.21. The summed E-state index contributed by atoms with van der Waals surface area (Å²) in [6, 6.07) is 0. The highest BCUT2D eigenvalue weighted by molar-refractivity contribution is 6.13. The van der Waals surface area contributed by atoms with Crippen LogP contribution in [0.15, 0.2) is 25.3 Å². The molecule has 0 aromatic carbocycles. The summed E-state index contributed by atoms with van der Waals surface area (Å²) in [6.07, 6.45) is 3.50. The molecule has 0 heterocycles. The number of hydrogen-bond donors (Lipinski definition) is 1. The largest absolute Gasteiger partial charge is 0.391 e. The van der Waals surface area contributed by atoms with E-state index in [4.69, 9.17) is 11.8 Å². The zero-order chi connectivity index (χ0) is 8.69. The molecule has 0 bridgehead atoms. The molecular weight excluding hydrogens is 162 g/mol. The smallest absolute Gasteiger partial charge is 0.0714 e. The number of aliphatic hydroxyl groups is 1. The molecule has 0 saturated carbocycles. The van der Waals surface area contributed by atoms with Crippen LogP contribution in [0, 0.1) is 0 Å². The minimum absolute atomic E-state index is 0.426. The first kappa shape index (κ1) is 10.7. The molecule has 0 amide bonds. The minimum atomic E-state index is -0.426. The van der Waals surface area contributed by atoms with Gasteiger partial charge in [0, 0.05) is 13.1 Å². The van der Waals surface area contributed by atoms with E-state index in [1.165, 1.54) is 4.42 Å². The molecule has 11 heavy (non-hydrogen) atoms. The van der Waals surface area contributed by atoms with E-state index < -0.39 is 6.10 Å². The van der Waals surface area contributed by atoms with Crippen molar-refractivity contribution in [3.05, 3.63) is 25.3 Å². The quantitative estimate of drug-likeness (QED) is 0.489. The molecule has 1 unspecified atom stereocenters. The van der Waals surface area contributed by atoms with Gasteiger partial charge in [-0.05, 0) is 18.2 Å². The average molecular weight is 176 g/mol. The van der Waals surface area contributed by atoms with Crippen LogP contribution in [0.3, 0.4) is 0 Å². The van der Waals surface area contributed by atoms with Gasteiger partial charge in [0.25, 0.3) is 0 Å². The molecule has 64 valence electrons.